The highest BCUT2D eigenvalue weighted by atomic mass is 79.9. The number of hydrogen-bond acceptors (Lipinski definition) is 18. The lowest BCUT2D eigenvalue weighted by Gasteiger charge is -2.21. The molecule has 5 aliphatic heterocycles. The minimum absolute atomic E-state index is 0.0725. The number of carbonyl (C=O) groups is 2. The first kappa shape index (κ1) is 58.5. The molecule has 0 saturated carbocycles. The maximum Gasteiger partial charge on any atom is 0.338 e. The number of ether oxygens (including phenoxy) is 7. The number of fused-ring (bicyclic) bond motifs is 2. The van der Waals surface area contributed by atoms with E-state index in [-0.39, 0.29) is 38.4 Å². The first-order chi connectivity index (χ1) is 33.3. The molecule has 10 rings (SSSR count). The fraction of sp³-hybridized carbons (Fsp3) is 0.386. The fourth-order valence-electron chi connectivity index (χ4n) is 5.68. The minimum Gasteiger partial charge on any atom is -0.462 e. The smallest absolute Gasteiger partial charge is 0.338 e. The largest absolute Gasteiger partial charge is 0.462 e. The molecular weight excluding hydrogens is 1140 g/mol. The summed E-state index contributed by atoms with van der Waals surface area (Å²) in [6, 6.07) is 8.14. The number of aromatic nitrogens is 5. The van der Waals surface area contributed by atoms with Gasteiger partial charge in [-0.25, -0.2) is 29.7 Å². The highest BCUT2D eigenvalue weighted by molar-refractivity contribution is 9.10. The number of aldehydes is 1. The lowest BCUT2D eigenvalue weighted by atomic mass is 10.1. The Bertz CT molecular complexity index is 2390. The van der Waals surface area contributed by atoms with Crippen LogP contribution in [0.15, 0.2) is 70.3 Å². The average Bonchev–Trinajstić information content (AvgIpc) is 3.93. The van der Waals surface area contributed by atoms with E-state index in [0.29, 0.717) is 87.4 Å². The summed E-state index contributed by atoms with van der Waals surface area (Å²) in [6.45, 7) is 5.22. The number of rotatable bonds is 6. The van der Waals surface area contributed by atoms with E-state index in [0.717, 1.165) is 70.2 Å². The summed E-state index contributed by atoms with van der Waals surface area (Å²) in [5.74, 6) is -0.305. The van der Waals surface area contributed by atoms with Crippen molar-refractivity contribution < 1.29 is 63.2 Å². The van der Waals surface area contributed by atoms with Gasteiger partial charge in [0.15, 0.2) is 25.2 Å². The van der Waals surface area contributed by atoms with Crippen LogP contribution in [0.25, 0.3) is 0 Å². The van der Waals surface area contributed by atoms with Gasteiger partial charge in [-0.15, -0.1) is 0 Å². The Kier molecular flexibility index (Phi) is 27.2. The van der Waals surface area contributed by atoms with Gasteiger partial charge in [-0.05, 0) is 91.7 Å². The molecule has 0 spiro atoms. The van der Waals surface area contributed by atoms with Crippen LogP contribution in [-0.2, 0) is 52.4 Å². The number of aliphatic hydroxyl groups is 4. The molecule has 25 heteroatoms. The third kappa shape index (κ3) is 20.9. The van der Waals surface area contributed by atoms with Crippen molar-refractivity contribution in [2.45, 2.75) is 38.1 Å². The number of esters is 1. The normalized spacial score (nSPS) is 16.4. The molecule has 0 aliphatic carbocycles. The number of pyridine rings is 5. The van der Waals surface area contributed by atoms with Gasteiger partial charge in [0.1, 0.15) is 25.8 Å². The monoisotopic (exact) mass is 1180 g/mol. The maximum atomic E-state index is 11.1. The Morgan fingerprint density at radius 1 is 0.565 bits per heavy atom. The Morgan fingerprint density at radius 2 is 1.04 bits per heavy atom. The molecule has 0 aromatic carbocycles. The first-order valence-electron chi connectivity index (χ1n) is 20.6. The quantitative estimate of drug-likeness (QED) is 0.0546. The zero-order chi connectivity index (χ0) is 50.1. The third-order valence-corrected chi connectivity index (χ3v) is 11.3. The number of cyclic esters (lactones) is 1. The van der Waals surface area contributed by atoms with E-state index in [9.17, 15) is 14.7 Å². The molecule has 5 aromatic rings. The van der Waals surface area contributed by atoms with Crippen LogP contribution < -0.4 is 0 Å². The summed E-state index contributed by atoms with van der Waals surface area (Å²) in [5, 5.41) is 35.4. The number of carbonyl (C=O) groups excluding carboxylic acids is 2. The molecule has 1 atom stereocenters. The lowest BCUT2D eigenvalue weighted by Crippen LogP contribution is -2.17. The van der Waals surface area contributed by atoms with Crippen molar-refractivity contribution in [2.75, 3.05) is 72.7 Å². The summed E-state index contributed by atoms with van der Waals surface area (Å²) in [6.07, 6.45) is 9.34. The molecule has 5 aromatic heterocycles. The predicted molar refractivity (Wildman–Crippen MR) is 261 cm³/mol. The van der Waals surface area contributed by atoms with Gasteiger partial charge < -0.3 is 53.6 Å². The summed E-state index contributed by atoms with van der Waals surface area (Å²) < 4.78 is 37.3. The first-order valence-corrected chi connectivity index (χ1v) is 24.1. The topological polar surface area (TPSA) is 247 Å². The SMILES string of the molecule is C1CO1.Clc1cc(C2OCCO2)c(Br)cn1.O=C1OCCc2cnc(Cl)cc21.O=Cc1cc(Cl)ncc1Br.OC1OCCc2cnc(Cl)cc21.OCCO.OCCc1cnc(Cl)cc1C1OCCO1. The maximum absolute atomic E-state index is 11.1. The number of nitrogens with zero attached hydrogens (tertiary/aromatic N) is 5. The van der Waals surface area contributed by atoms with E-state index in [4.69, 9.17) is 102 Å². The van der Waals surface area contributed by atoms with Crippen molar-refractivity contribution in [2.24, 2.45) is 0 Å². The molecule has 0 radical (unpaired) electrons. The van der Waals surface area contributed by atoms with Crippen LogP contribution in [0.5, 0.6) is 0 Å². The second-order valence-corrected chi connectivity index (χ2v) is 17.4. The van der Waals surface area contributed by atoms with Gasteiger partial charge in [0.25, 0.3) is 0 Å². The number of aliphatic hydroxyl groups excluding tert-OH is 4. The van der Waals surface area contributed by atoms with Crippen LogP contribution in [0.1, 0.15) is 73.0 Å². The van der Waals surface area contributed by atoms with Crippen LogP contribution in [-0.4, -0.2) is 130 Å². The van der Waals surface area contributed by atoms with Gasteiger partial charge in [-0.1, -0.05) is 58.0 Å². The summed E-state index contributed by atoms with van der Waals surface area (Å²) in [7, 11) is 0. The summed E-state index contributed by atoms with van der Waals surface area (Å²) in [4.78, 5) is 40.8. The lowest BCUT2D eigenvalue weighted by molar-refractivity contribution is -0.110. The van der Waals surface area contributed by atoms with Crippen LogP contribution in [0.4, 0.5) is 0 Å². The molecule has 3 saturated heterocycles. The van der Waals surface area contributed by atoms with E-state index in [2.05, 4.69) is 61.5 Å². The van der Waals surface area contributed by atoms with Gasteiger partial charge in [0.05, 0.1) is 71.6 Å². The van der Waals surface area contributed by atoms with Gasteiger partial charge in [-0.3, -0.25) is 4.79 Å². The van der Waals surface area contributed by atoms with Gasteiger partial charge in [-0.2, -0.15) is 0 Å². The molecule has 0 amide bonds. The Labute approximate surface area is 438 Å². The molecule has 1 unspecified atom stereocenters. The highest BCUT2D eigenvalue weighted by Crippen LogP contribution is 2.31. The van der Waals surface area contributed by atoms with Gasteiger partial charge >= 0.3 is 5.97 Å². The number of halogens is 7. The highest BCUT2D eigenvalue weighted by Gasteiger charge is 2.23. The molecule has 69 heavy (non-hydrogen) atoms. The number of hydrogen-bond donors (Lipinski definition) is 4. The third-order valence-electron chi connectivity index (χ3n) is 8.94. The Hall–Kier alpha value is -3.10. The second-order valence-electron chi connectivity index (χ2n) is 13.8. The molecular formula is C44H46Br2Cl5N5O13. The van der Waals surface area contributed by atoms with Gasteiger partial charge in [0, 0.05) is 75.2 Å². The molecule has 374 valence electrons. The van der Waals surface area contributed by atoms with E-state index in [1.807, 2.05) is 0 Å². The van der Waals surface area contributed by atoms with Crippen molar-refractivity contribution in [3.05, 3.63) is 141 Å². The van der Waals surface area contributed by atoms with Crippen molar-refractivity contribution in [1.29, 1.82) is 0 Å². The average molecular weight is 1190 g/mol. The van der Waals surface area contributed by atoms with Crippen molar-refractivity contribution in [1.82, 2.24) is 24.9 Å². The molecule has 10 heterocycles. The van der Waals surface area contributed by atoms with E-state index in [1.54, 1.807) is 49.1 Å². The molecule has 5 aliphatic rings. The Balaban J connectivity index is 0.000000182. The standard InChI is InChI=1S/C10H12ClNO3.C8H7BrClNO2.C8H8ClNO2.C8H6ClNO2.C6H3BrClNO.C2H6O2.C2H4O/c11-9-5-8(10-14-3-4-15-10)7(1-2-13)6-12-9;9-6-4-11-7(10)3-5(6)8-12-1-2-13-8;2*9-7-3-6-5(4-10-7)1-2-12-8(6)11;7-5-2-9-6(8)1-4(5)3-10;3-1-2-4;1-2-3-1/h5-6,10,13H,1-4H2;3-4,8H,1-2H2;3-4,8,11H,1-2H2;3-4H,1-2H2;1-3H;3-4H,1-2H2;1-2H2. The van der Waals surface area contributed by atoms with E-state index >= 15 is 0 Å². The van der Waals surface area contributed by atoms with E-state index in [1.165, 1.54) is 12.3 Å². The molecule has 3 fully saturated rings. The molecule has 18 nitrogen and oxygen atoms in total. The Morgan fingerprint density at radius 3 is 1.59 bits per heavy atom. The van der Waals surface area contributed by atoms with Gasteiger partial charge in [0.2, 0.25) is 0 Å². The fourth-order valence-corrected chi connectivity index (χ4v) is 7.22. The van der Waals surface area contributed by atoms with Crippen LogP contribution in [0, 0.1) is 0 Å². The van der Waals surface area contributed by atoms with Crippen molar-refractivity contribution in [3.63, 3.8) is 0 Å². The second kappa shape index (κ2) is 32.1. The van der Waals surface area contributed by atoms with E-state index < -0.39 is 6.29 Å². The van der Waals surface area contributed by atoms with Crippen LogP contribution in [0.3, 0.4) is 0 Å². The predicted octanol–water partition coefficient (Wildman–Crippen LogP) is 7.90. The minimum atomic E-state index is -0.839. The molecule has 0 bridgehead atoms. The van der Waals surface area contributed by atoms with Crippen molar-refractivity contribution >= 4 is 102 Å². The zero-order valence-electron chi connectivity index (χ0n) is 36.3. The molecule has 4 N–H and O–H groups in total. The number of epoxide rings is 1. The summed E-state index contributed by atoms with van der Waals surface area (Å²) >= 11 is 34.9. The zero-order valence-corrected chi connectivity index (χ0v) is 43.3. The van der Waals surface area contributed by atoms with Crippen LogP contribution in [0.2, 0.25) is 25.8 Å². The summed E-state index contributed by atoms with van der Waals surface area (Å²) in [5.41, 5.74) is 6.38. The van der Waals surface area contributed by atoms with Crippen molar-refractivity contribution in [3.8, 4) is 0 Å². The van der Waals surface area contributed by atoms with Crippen LogP contribution >= 0.6 is 89.9 Å².